The quantitative estimate of drug-likeness (QED) is 0.578. The van der Waals surface area contributed by atoms with Crippen LogP contribution in [0, 0.1) is 0 Å². The summed E-state index contributed by atoms with van der Waals surface area (Å²) >= 11 is 0. The Labute approximate surface area is 91.2 Å². The highest BCUT2D eigenvalue weighted by molar-refractivity contribution is 7.85. The number of hydrogen-bond donors (Lipinski definition) is 0. The molecule has 0 N–H and O–H groups in total. The first-order valence-electron chi connectivity index (χ1n) is 4.36. The van der Waals surface area contributed by atoms with Gasteiger partial charge in [0.05, 0.1) is 23.5 Å². The number of hydrogen-bond acceptors (Lipinski definition) is 3. The van der Waals surface area contributed by atoms with Gasteiger partial charge < -0.3 is 4.74 Å². The predicted octanol–water partition coefficient (Wildman–Crippen LogP) is 1.77. The predicted molar refractivity (Wildman–Crippen MR) is 59.3 cm³/mol. The van der Waals surface area contributed by atoms with Crippen molar-refractivity contribution in [3.63, 3.8) is 0 Å². The summed E-state index contributed by atoms with van der Waals surface area (Å²) in [6.07, 6.45) is 1.60. The Bertz CT molecular complexity index is 381. The van der Waals surface area contributed by atoms with Gasteiger partial charge in [0.1, 0.15) is 0 Å². The summed E-state index contributed by atoms with van der Waals surface area (Å²) in [7, 11) is 0.248. The summed E-state index contributed by atoms with van der Waals surface area (Å²) in [5.41, 5.74) is 0.455. The lowest BCUT2D eigenvalue weighted by Crippen LogP contribution is -2.01. The van der Waals surface area contributed by atoms with E-state index in [9.17, 15) is 9.00 Å². The van der Waals surface area contributed by atoms with E-state index in [1.54, 1.807) is 30.3 Å². The Kier molecular flexibility index (Phi) is 4.24. The molecule has 4 heteroatoms. The van der Waals surface area contributed by atoms with E-state index in [2.05, 4.69) is 11.3 Å². The minimum atomic E-state index is -1.08. The number of rotatable bonds is 4. The molecule has 0 aromatic heterocycles. The Balaban J connectivity index is 2.85. The molecule has 0 aliphatic carbocycles. The van der Waals surface area contributed by atoms with E-state index in [-0.39, 0.29) is 0 Å². The van der Waals surface area contributed by atoms with Crippen LogP contribution in [-0.4, -0.2) is 23.0 Å². The molecule has 0 spiro atoms. The molecule has 1 atom stereocenters. The van der Waals surface area contributed by atoms with E-state index in [4.69, 9.17) is 0 Å². The Hall–Kier alpha value is -1.42. The molecule has 3 nitrogen and oxygen atoms in total. The number of ether oxygens (including phenoxy) is 1. The highest BCUT2D eigenvalue weighted by Gasteiger charge is 2.06. The molecule has 1 aromatic rings. The normalized spacial score (nSPS) is 11.8. The van der Waals surface area contributed by atoms with Crippen LogP contribution in [0.3, 0.4) is 0 Å². The van der Waals surface area contributed by atoms with E-state index >= 15 is 0 Å². The van der Waals surface area contributed by atoms with Crippen molar-refractivity contribution < 1.29 is 13.7 Å². The lowest BCUT2D eigenvalue weighted by atomic mass is 10.2. The molecule has 0 saturated carbocycles. The Morgan fingerprint density at radius 2 is 2.07 bits per heavy atom. The van der Waals surface area contributed by atoms with Crippen molar-refractivity contribution in [2.75, 3.05) is 12.9 Å². The molecule has 0 radical (unpaired) electrons. The number of methoxy groups -OCH3 is 1. The molecule has 0 saturated heterocycles. The minimum absolute atomic E-state index is 0.393. The maximum absolute atomic E-state index is 11.5. The highest BCUT2D eigenvalue weighted by atomic mass is 32.2. The summed E-state index contributed by atoms with van der Waals surface area (Å²) in [5.74, 6) is 0.0217. The lowest BCUT2D eigenvalue weighted by molar-refractivity contribution is 0.0600. The molecular formula is C11H12O3S. The van der Waals surface area contributed by atoms with Gasteiger partial charge in [-0.1, -0.05) is 6.08 Å². The first-order valence-corrected chi connectivity index (χ1v) is 5.68. The molecule has 0 aliphatic heterocycles. The molecule has 0 bridgehead atoms. The monoisotopic (exact) mass is 224 g/mol. The van der Waals surface area contributed by atoms with Gasteiger partial charge in [0.15, 0.2) is 0 Å². The van der Waals surface area contributed by atoms with Crippen molar-refractivity contribution in [2.45, 2.75) is 4.90 Å². The van der Waals surface area contributed by atoms with E-state index in [0.717, 1.165) is 0 Å². The van der Waals surface area contributed by atoms with Gasteiger partial charge in [0.2, 0.25) is 0 Å². The summed E-state index contributed by atoms with van der Waals surface area (Å²) in [5, 5.41) is 0. The molecule has 0 amide bonds. The Morgan fingerprint density at radius 1 is 1.47 bits per heavy atom. The number of carbonyl (C=O) groups is 1. The van der Waals surface area contributed by atoms with Crippen LogP contribution in [0.25, 0.3) is 0 Å². The van der Waals surface area contributed by atoms with Gasteiger partial charge >= 0.3 is 5.97 Å². The average molecular weight is 224 g/mol. The van der Waals surface area contributed by atoms with Crippen molar-refractivity contribution in [2.24, 2.45) is 0 Å². The SMILES string of the molecule is C=CCS(=O)c1ccc(C(=O)OC)cc1. The van der Waals surface area contributed by atoms with Crippen molar-refractivity contribution in [1.29, 1.82) is 0 Å². The van der Waals surface area contributed by atoms with Crippen LogP contribution in [0.4, 0.5) is 0 Å². The molecule has 1 aromatic carbocycles. The maximum Gasteiger partial charge on any atom is 0.337 e. The molecule has 0 aliphatic rings. The second-order valence-corrected chi connectivity index (χ2v) is 4.31. The molecule has 0 heterocycles. The van der Waals surface area contributed by atoms with Crippen LogP contribution in [-0.2, 0) is 15.5 Å². The maximum atomic E-state index is 11.5. The van der Waals surface area contributed by atoms with Crippen LogP contribution in [0.1, 0.15) is 10.4 Å². The van der Waals surface area contributed by atoms with Gasteiger partial charge in [0, 0.05) is 10.6 Å². The second-order valence-electron chi connectivity index (χ2n) is 2.82. The van der Waals surface area contributed by atoms with Crippen LogP contribution < -0.4 is 0 Å². The minimum Gasteiger partial charge on any atom is -0.465 e. The third-order valence-corrected chi connectivity index (χ3v) is 3.14. The standard InChI is InChI=1S/C11H12O3S/c1-3-8-15(13)10-6-4-9(5-7-10)11(12)14-2/h3-7H,1,8H2,2H3. The van der Waals surface area contributed by atoms with Gasteiger partial charge in [-0.05, 0) is 24.3 Å². The fourth-order valence-corrected chi connectivity index (χ4v) is 1.91. The van der Waals surface area contributed by atoms with Crippen molar-refractivity contribution in [3.05, 3.63) is 42.5 Å². The number of esters is 1. The van der Waals surface area contributed by atoms with Crippen molar-refractivity contribution >= 4 is 16.8 Å². The van der Waals surface area contributed by atoms with Crippen LogP contribution in [0.2, 0.25) is 0 Å². The topological polar surface area (TPSA) is 43.4 Å². The van der Waals surface area contributed by atoms with E-state index < -0.39 is 16.8 Å². The van der Waals surface area contributed by atoms with Gasteiger partial charge in [0.25, 0.3) is 0 Å². The van der Waals surface area contributed by atoms with Crippen LogP contribution in [0.15, 0.2) is 41.8 Å². The summed E-state index contributed by atoms with van der Waals surface area (Å²) in [6.45, 7) is 3.52. The summed E-state index contributed by atoms with van der Waals surface area (Å²) in [4.78, 5) is 11.8. The van der Waals surface area contributed by atoms with E-state index in [0.29, 0.717) is 16.2 Å². The van der Waals surface area contributed by atoms with Gasteiger partial charge in [-0.2, -0.15) is 0 Å². The third kappa shape index (κ3) is 3.02. The van der Waals surface area contributed by atoms with Gasteiger partial charge in [-0.25, -0.2) is 4.79 Å². The highest BCUT2D eigenvalue weighted by Crippen LogP contribution is 2.09. The molecule has 15 heavy (non-hydrogen) atoms. The van der Waals surface area contributed by atoms with Gasteiger partial charge in [-0.15, -0.1) is 6.58 Å². The third-order valence-electron chi connectivity index (χ3n) is 1.81. The number of benzene rings is 1. The van der Waals surface area contributed by atoms with Crippen molar-refractivity contribution in [1.82, 2.24) is 0 Å². The average Bonchev–Trinajstić information content (AvgIpc) is 2.28. The van der Waals surface area contributed by atoms with Crippen LogP contribution >= 0.6 is 0 Å². The van der Waals surface area contributed by atoms with Crippen molar-refractivity contribution in [3.8, 4) is 0 Å². The lowest BCUT2D eigenvalue weighted by Gasteiger charge is -2.01. The molecule has 80 valence electrons. The largest absolute Gasteiger partial charge is 0.465 e. The fourth-order valence-electron chi connectivity index (χ4n) is 1.06. The van der Waals surface area contributed by atoms with Gasteiger partial charge in [-0.3, -0.25) is 4.21 Å². The zero-order valence-electron chi connectivity index (χ0n) is 8.43. The summed E-state index contributed by atoms with van der Waals surface area (Å²) in [6, 6.07) is 6.52. The summed E-state index contributed by atoms with van der Waals surface area (Å²) < 4.78 is 16.1. The zero-order valence-corrected chi connectivity index (χ0v) is 9.25. The smallest absolute Gasteiger partial charge is 0.337 e. The molecule has 0 fully saturated rings. The Morgan fingerprint density at radius 3 is 2.53 bits per heavy atom. The molecule has 1 unspecified atom stereocenters. The molecule has 1 rings (SSSR count). The number of carbonyl (C=O) groups excluding carboxylic acids is 1. The van der Waals surface area contributed by atoms with E-state index in [1.807, 2.05) is 0 Å². The zero-order chi connectivity index (χ0) is 11.3. The fraction of sp³-hybridized carbons (Fsp3) is 0.182. The molecular weight excluding hydrogens is 212 g/mol. The van der Waals surface area contributed by atoms with Crippen LogP contribution in [0.5, 0.6) is 0 Å². The van der Waals surface area contributed by atoms with E-state index in [1.165, 1.54) is 7.11 Å². The second kappa shape index (κ2) is 5.46. The first-order chi connectivity index (χ1) is 7.19. The first kappa shape index (κ1) is 11.7.